The van der Waals surface area contributed by atoms with Gasteiger partial charge in [0.05, 0.1) is 23.0 Å². The highest BCUT2D eigenvalue weighted by Gasteiger charge is 2.16. The molecule has 9 aromatic carbocycles. The van der Waals surface area contributed by atoms with Gasteiger partial charge in [0.2, 0.25) is 0 Å². The minimum atomic E-state index is 0.648. The van der Waals surface area contributed by atoms with Crippen molar-refractivity contribution < 1.29 is 0 Å². The van der Waals surface area contributed by atoms with E-state index >= 15 is 0 Å². The van der Waals surface area contributed by atoms with Gasteiger partial charge >= 0.3 is 0 Å². The Hall–Kier alpha value is -7.67. The summed E-state index contributed by atoms with van der Waals surface area (Å²) in [5, 5.41) is 16.7. The first-order chi connectivity index (χ1) is 27.7. The van der Waals surface area contributed by atoms with E-state index in [2.05, 4.69) is 176 Å². The van der Waals surface area contributed by atoms with Crippen LogP contribution >= 0.6 is 0 Å². The van der Waals surface area contributed by atoms with E-state index in [1.807, 2.05) is 30.3 Å². The fourth-order valence-corrected chi connectivity index (χ4v) is 7.93. The highest BCUT2D eigenvalue weighted by molar-refractivity contribution is 6.20. The van der Waals surface area contributed by atoms with Crippen molar-refractivity contribution in [3.8, 4) is 73.4 Å². The van der Waals surface area contributed by atoms with Gasteiger partial charge < -0.3 is 0 Å². The number of benzene rings is 9. The van der Waals surface area contributed by atoms with Gasteiger partial charge in [-0.2, -0.15) is 5.26 Å². The summed E-state index contributed by atoms with van der Waals surface area (Å²) in [6, 6.07) is 72.2. The first-order valence-corrected chi connectivity index (χ1v) is 18.8. The Morgan fingerprint density at radius 1 is 0.339 bits per heavy atom. The molecule has 10 rings (SSSR count). The van der Waals surface area contributed by atoms with Crippen LogP contribution in [0.1, 0.15) is 5.56 Å². The minimum absolute atomic E-state index is 0.648. The zero-order chi connectivity index (χ0) is 37.4. The maximum Gasteiger partial charge on any atom is 0.160 e. The SMILES string of the molecule is N#Cc1ccc(-c2ccc(-c3cc(-c4ccccc4-c4ccccc4)nc(-c4ccc(-c5c6ccccc6cc6c5ccc5ccccc56)cc4)n3)cc2)cc1. The van der Waals surface area contributed by atoms with Gasteiger partial charge in [-0.1, -0.05) is 176 Å². The first-order valence-electron chi connectivity index (χ1n) is 18.8. The summed E-state index contributed by atoms with van der Waals surface area (Å²) in [5.74, 6) is 0.664. The van der Waals surface area contributed by atoms with Crippen molar-refractivity contribution in [1.29, 1.82) is 5.26 Å². The molecule has 0 unspecified atom stereocenters. The number of aromatic nitrogens is 2. The fourth-order valence-electron chi connectivity index (χ4n) is 7.93. The van der Waals surface area contributed by atoms with Crippen molar-refractivity contribution in [2.24, 2.45) is 0 Å². The molecule has 0 atom stereocenters. The zero-order valence-electron chi connectivity index (χ0n) is 30.4. The van der Waals surface area contributed by atoms with E-state index in [0.29, 0.717) is 11.4 Å². The van der Waals surface area contributed by atoms with Crippen LogP contribution in [0.4, 0.5) is 0 Å². The second-order valence-electron chi connectivity index (χ2n) is 14.1. The summed E-state index contributed by atoms with van der Waals surface area (Å²) in [6.07, 6.45) is 0. The van der Waals surface area contributed by atoms with Crippen LogP contribution in [0.5, 0.6) is 0 Å². The molecule has 0 radical (unpaired) electrons. The van der Waals surface area contributed by atoms with Gasteiger partial charge in [-0.15, -0.1) is 0 Å². The summed E-state index contributed by atoms with van der Waals surface area (Å²) in [5.41, 5.74) is 12.1. The standard InChI is InChI=1S/C53H33N3/c54-34-35-18-20-36(21-19-35)37-22-24-40(25-23-37)50-33-51(47-17-9-8-14-44(47)38-10-2-1-3-11-38)56-53(55-50)42-28-26-41(27-29-42)52-46-16-7-5-13-43(46)32-49-45-15-6-4-12-39(45)30-31-48(49)52/h1-33H. The number of nitriles is 1. The van der Waals surface area contributed by atoms with Gasteiger partial charge in [0.15, 0.2) is 5.82 Å². The molecule has 0 saturated heterocycles. The van der Waals surface area contributed by atoms with Crippen LogP contribution < -0.4 is 0 Å². The molecule has 0 aliphatic rings. The molecule has 1 heterocycles. The Morgan fingerprint density at radius 2 is 0.911 bits per heavy atom. The normalized spacial score (nSPS) is 11.2. The van der Waals surface area contributed by atoms with Gasteiger partial charge in [0.25, 0.3) is 0 Å². The molecular weight excluding hydrogens is 679 g/mol. The average Bonchev–Trinajstić information content (AvgIpc) is 3.28. The van der Waals surface area contributed by atoms with Gasteiger partial charge in [-0.05, 0) is 90.0 Å². The predicted molar refractivity (Wildman–Crippen MR) is 232 cm³/mol. The number of hydrogen-bond donors (Lipinski definition) is 0. The monoisotopic (exact) mass is 711 g/mol. The van der Waals surface area contributed by atoms with E-state index in [4.69, 9.17) is 9.97 Å². The molecule has 260 valence electrons. The van der Waals surface area contributed by atoms with E-state index < -0.39 is 0 Å². The zero-order valence-corrected chi connectivity index (χ0v) is 30.4. The lowest BCUT2D eigenvalue weighted by Gasteiger charge is -2.15. The molecule has 0 saturated carbocycles. The number of nitrogens with zero attached hydrogens (tertiary/aromatic N) is 3. The maximum absolute atomic E-state index is 9.26. The van der Waals surface area contributed by atoms with E-state index in [0.717, 1.165) is 55.9 Å². The smallest absolute Gasteiger partial charge is 0.160 e. The molecule has 3 nitrogen and oxygen atoms in total. The van der Waals surface area contributed by atoms with E-state index in [1.54, 1.807) is 0 Å². The topological polar surface area (TPSA) is 49.6 Å². The number of hydrogen-bond acceptors (Lipinski definition) is 3. The van der Waals surface area contributed by atoms with Crippen LogP contribution in [0, 0.1) is 11.3 Å². The molecule has 0 bridgehead atoms. The number of fused-ring (bicyclic) bond motifs is 4. The highest BCUT2D eigenvalue weighted by Crippen LogP contribution is 2.40. The molecule has 0 aliphatic heterocycles. The molecule has 0 amide bonds. The minimum Gasteiger partial charge on any atom is -0.228 e. The van der Waals surface area contributed by atoms with Crippen molar-refractivity contribution in [1.82, 2.24) is 9.97 Å². The summed E-state index contributed by atoms with van der Waals surface area (Å²) in [4.78, 5) is 10.5. The molecular formula is C53H33N3. The van der Waals surface area contributed by atoms with Crippen LogP contribution in [-0.2, 0) is 0 Å². The van der Waals surface area contributed by atoms with E-state index in [9.17, 15) is 5.26 Å². The quantitative estimate of drug-likeness (QED) is 0.127. The lowest BCUT2D eigenvalue weighted by atomic mass is 9.89. The molecule has 10 aromatic rings. The Labute approximate surface area is 325 Å². The lowest BCUT2D eigenvalue weighted by Crippen LogP contribution is -1.97. The molecule has 56 heavy (non-hydrogen) atoms. The van der Waals surface area contributed by atoms with Crippen molar-refractivity contribution >= 4 is 32.3 Å². The van der Waals surface area contributed by atoms with E-state index in [1.165, 1.54) is 37.9 Å². The van der Waals surface area contributed by atoms with Crippen molar-refractivity contribution in [2.45, 2.75) is 0 Å². The Bertz CT molecular complexity index is 3100. The van der Waals surface area contributed by atoms with Crippen LogP contribution in [0.25, 0.3) is 99.6 Å². The Kier molecular flexibility index (Phi) is 8.21. The third kappa shape index (κ3) is 5.97. The maximum atomic E-state index is 9.26. The van der Waals surface area contributed by atoms with Crippen LogP contribution in [0.15, 0.2) is 200 Å². The van der Waals surface area contributed by atoms with Crippen LogP contribution in [0.2, 0.25) is 0 Å². The van der Waals surface area contributed by atoms with E-state index in [-0.39, 0.29) is 0 Å². The first kappa shape index (κ1) is 32.9. The Morgan fingerprint density at radius 3 is 1.66 bits per heavy atom. The number of rotatable bonds is 6. The van der Waals surface area contributed by atoms with Gasteiger partial charge in [-0.3, -0.25) is 0 Å². The third-order valence-corrected chi connectivity index (χ3v) is 10.7. The van der Waals surface area contributed by atoms with Gasteiger partial charge in [-0.25, -0.2) is 9.97 Å². The van der Waals surface area contributed by atoms with Crippen molar-refractivity contribution in [2.75, 3.05) is 0 Å². The molecule has 0 aliphatic carbocycles. The lowest BCUT2D eigenvalue weighted by molar-refractivity contribution is 1.18. The molecule has 0 N–H and O–H groups in total. The average molecular weight is 712 g/mol. The summed E-state index contributed by atoms with van der Waals surface area (Å²) in [7, 11) is 0. The predicted octanol–water partition coefficient (Wildman–Crippen LogP) is 13.8. The van der Waals surface area contributed by atoms with Crippen LogP contribution in [-0.4, -0.2) is 9.97 Å². The largest absolute Gasteiger partial charge is 0.228 e. The summed E-state index contributed by atoms with van der Waals surface area (Å²) in [6.45, 7) is 0. The van der Waals surface area contributed by atoms with Crippen LogP contribution in [0.3, 0.4) is 0 Å². The van der Waals surface area contributed by atoms with Crippen molar-refractivity contribution in [3.05, 3.63) is 206 Å². The van der Waals surface area contributed by atoms with Gasteiger partial charge in [0, 0.05) is 16.7 Å². The second kappa shape index (κ2) is 14.0. The molecule has 0 fully saturated rings. The molecule has 0 spiro atoms. The Balaban J connectivity index is 1.11. The van der Waals surface area contributed by atoms with Gasteiger partial charge in [0.1, 0.15) is 0 Å². The summed E-state index contributed by atoms with van der Waals surface area (Å²) < 4.78 is 0. The molecule has 3 heteroatoms. The third-order valence-electron chi connectivity index (χ3n) is 10.7. The highest BCUT2D eigenvalue weighted by atomic mass is 14.9. The second-order valence-corrected chi connectivity index (χ2v) is 14.1. The summed E-state index contributed by atoms with van der Waals surface area (Å²) >= 11 is 0. The fraction of sp³-hybridized carbons (Fsp3) is 0. The van der Waals surface area contributed by atoms with Crippen molar-refractivity contribution in [3.63, 3.8) is 0 Å². The molecule has 1 aromatic heterocycles.